The fourth-order valence-electron chi connectivity index (χ4n) is 3.46. The average Bonchev–Trinajstić information content (AvgIpc) is 2.76. The SMILES string of the molecule is Cc1ccc2ccccc2c1CN1C(=O)[C@@H](N)CNc2ccccc21. The number of hydrogen-bond donors (Lipinski definition) is 2. The van der Waals surface area contributed by atoms with Crippen LogP contribution < -0.4 is 16.0 Å². The van der Waals surface area contributed by atoms with Crippen LogP contribution in [0.3, 0.4) is 0 Å². The molecule has 3 aromatic carbocycles. The molecular weight excluding hydrogens is 310 g/mol. The van der Waals surface area contributed by atoms with Gasteiger partial charge in [-0.3, -0.25) is 4.79 Å². The van der Waals surface area contributed by atoms with Gasteiger partial charge in [0.1, 0.15) is 6.04 Å². The number of benzene rings is 3. The average molecular weight is 331 g/mol. The second-order valence-electron chi connectivity index (χ2n) is 6.51. The number of carbonyl (C=O) groups is 1. The lowest BCUT2D eigenvalue weighted by atomic mass is 9.99. The zero-order chi connectivity index (χ0) is 17.4. The van der Waals surface area contributed by atoms with E-state index in [9.17, 15) is 4.79 Å². The molecule has 0 radical (unpaired) electrons. The molecule has 1 heterocycles. The quantitative estimate of drug-likeness (QED) is 0.756. The smallest absolute Gasteiger partial charge is 0.246 e. The van der Waals surface area contributed by atoms with E-state index in [0.717, 1.165) is 16.9 Å². The van der Waals surface area contributed by atoms with Crippen molar-refractivity contribution in [2.45, 2.75) is 19.5 Å². The molecule has 1 atom stereocenters. The second-order valence-corrected chi connectivity index (χ2v) is 6.51. The highest BCUT2D eigenvalue weighted by Crippen LogP contribution is 2.32. The van der Waals surface area contributed by atoms with Crippen molar-refractivity contribution in [2.75, 3.05) is 16.8 Å². The van der Waals surface area contributed by atoms with E-state index >= 15 is 0 Å². The van der Waals surface area contributed by atoms with E-state index in [4.69, 9.17) is 5.73 Å². The molecule has 126 valence electrons. The van der Waals surface area contributed by atoms with Gasteiger partial charge >= 0.3 is 0 Å². The van der Waals surface area contributed by atoms with Crippen LogP contribution in [0, 0.1) is 6.92 Å². The van der Waals surface area contributed by atoms with Gasteiger partial charge in [-0.2, -0.15) is 0 Å². The van der Waals surface area contributed by atoms with Gasteiger partial charge < -0.3 is 16.0 Å². The summed E-state index contributed by atoms with van der Waals surface area (Å²) in [6.45, 7) is 3.05. The summed E-state index contributed by atoms with van der Waals surface area (Å²) in [5.41, 5.74) is 10.3. The maximum absolute atomic E-state index is 12.9. The zero-order valence-electron chi connectivity index (χ0n) is 14.2. The Morgan fingerprint density at radius 2 is 1.84 bits per heavy atom. The number of nitrogens with two attached hydrogens (primary N) is 1. The number of hydrogen-bond acceptors (Lipinski definition) is 3. The highest BCUT2D eigenvalue weighted by Gasteiger charge is 2.28. The molecule has 0 fully saturated rings. The van der Waals surface area contributed by atoms with Crippen LogP contribution in [-0.2, 0) is 11.3 Å². The summed E-state index contributed by atoms with van der Waals surface area (Å²) in [5.74, 6) is -0.0511. The largest absolute Gasteiger partial charge is 0.381 e. The van der Waals surface area contributed by atoms with Gasteiger partial charge in [0, 0.05) is 6.54 Å². The molecule has 1 aliphatic rings. The molecule has 1 amide bonds. The first-order valence-electron chi connectivity index (χ1n) is 8.52. The minimum Gasteiger partial charge on any atom is -0.381 e. The van der Waals surface area contributed by atoms with Crippen LogP contribution in [-0.4, -0.2) is 18.5 Å². The Labute approximate surface area is 147 Å². The first kappa shape index (κ1) is 15.7. The molecule has 0 aliphatic carbocycles. The van der Waals surface area contributed by atoms with Crippen LogP contribution in [0.2, 0.25) is 0 Å². The van der Waals surface area contributed by atoms with Gasteiger partial charge in [0.25, 0.3) is 0 Å². The Kier molecular flexibility index (Phi) is 3.90. The predicted molar refractivity (Wildman–Crippen MR) is 103 cm³/mol. The third-order valence-electron chi connectivity index (χ3n) is 4.88. The van der Waals surface area contributed by atoms with Crippen molar-refractivity contribution < 1.29 is 4.79 Å². The van der Waals surface area contributed by atoms with Crippen LogP contribution in [0.1, 0.15) is 11.1 Å². The van der Waals surface area contributed by atoms with Crippen molar-refractivity contribution in [1.29, 1.82) is 0 Å². The van der Waals surface area contributed by atoms with Crippen molar-refractivity contribution in [3.05, 3.63) is 71.8 Å². The Morgan fingerprint density at radius 1 is 1.08 bits per heavy atom. The number of rotatable bonds is 2. The van der Waals surface area contributed by atoms with Crippen LogP contribution in [0.4, 0.5) is 11.4 Å². The molecule has 1 aliphatic heterocycles. The normalized spacial score (nSPS) is 17.1. The lowest BCUT2D eigenvalue weighted by Crippen LogP contribution is -2.45. The molecular formula is C21H21N3O. The molecule has 3 aromatic rings. The molecule has 4 heteroatoms. The fourth-order valence-corrected chi connectivity index (χ4v) is 3.46. The fraction of sp³-hybridized carbons (Fsp3) is 0.190. The number of nitrogens with one attached hydrogen (secondary N) is 1. The summed E-state index contributed by atoms with van der Waals surface area (Å²) in [7, 11) is 0. The summed E-state index contributed by atoms with van der Waals surface area (Å²) >= 11 is 0. The lowest BCUT2D eigenvalue weighted by molar-refractivity contribution is -0.119. The van der Waals surface area contributed by atoms with Gasteiger partial charge in [-0.15, -0.1) is 0 Å². The number of fused-ring (bicyclic) bond motifs is 2. The van der Waals surface area contributed by atoms with E-state index in [-0.39, 0.29) is 5.91 Å². The number of carbonyl (C=O) groups excluding carboxylic acids is 1. The lowest BCUT2D eigenvalue weighted by Gasteiger charge is -2.25. The third-order valence-corrected chi connectivity index (χ3v) is 4.88. The van der Waals surface area contributed by atoms with Gasteiger partial charge in [0.2, 0.25) is 5.91 Å². The highest BCUT2D eigenvalue weighted by atomic mass is 16.2. The van der Waals surface area contributed by atoms with E-state index in [1.54, 1.807) is 0 Å². The molecule has 0 saturated heterocycles. The Morgan fingerprint density at radius 3 is 2.72 bits per heavy atom. The molecule has 0 aromatic heterocycles. The molecule has 0 spiro atoms. The van der Waals surface area contributed by atoms with E-state index in [1.807, 2.05) is 41.3 Å². The summed E-state index contributed by atoms with van der Waals surface area (Å²) in [6, 6.07) is 19.9. The molecule has 3 N–H and O–H groups in total. The van der Waals surface area contributed by atoms with Gasteiger partial charge in [-0.1, -0.05) is 48.5 Å². The third kappa shape index (κ3) is 2.75. The van der Waals surface area contributed by atoms with Gasteiger partial charge in [0.05, 0.1) is 17.9 Å². The number of nitrogens with zero attached hydrogens (tertiary/aromatic N) is 1. The molecule has 0 unspecified atom stereocenters. The Hall–Kier alpha value is -2.85. The summed E-state index contributed by atoms with van der Waals surface area (Å²) in [6.07, 6.45) is 0. The van der Waals surface area contributed by atoms with Crippen molar-refractivity contribution in [2.24, 2.45) is 5.73 Å². The van der Waals surface area contributed by atoms with E-state index in [1.165, 1.54) is 16.3 Å². The standard InChI is InChI=1S/C21H21N3O/c1-14-10-11-15-6-2-3-7-16(15)17(14)13-24-20-9-5-4-8-19(20)23-12-18(22)21(24)25/h2-11,18,23H,12-13,22H2,1H3/t18-/m0/s1. The molecule has 0 saturated carbocycles. The molecule has 4 rings (SSSR count). The van der Waals surface area contributed by atoms with Crippen molar-refractivity contribution in [1.82, 2.24) is 0 Å². The van der Waals surface area contributed by atoms with Crippen molar-refractivity contribution in [3.8, 4) is 0 Å². The first-order chi connectivity index (χ1) is 12.1. The Bertz CT molecular complexity index is 951. The molecule has 25 heavy (non-hydrogen) atoms. The van der Waals surface area contributed by atoms with Crippen LogP contribution in [0.15, 0.2) is 60.7 Å². The predicted octanol–water partition coefficient (Wildman–Crippen LogP) is 3.43. The molecule has 4 nitrogen and oxygen atoms in total. The summed E-state index contributed by atoms with van der Waals surface area (Å²) in [5, 5.41) is 5.65. The summed E-state index contributed by atoms with van der Waals surface area (Å²) in [4.78, 5) is 14.7. The zero-order valence-corrected chi connectivity index (χ0v) is 14.2. The van der Waals surface area contributed by atoms with Crippen LogP contribution >= 0.6 is 0 Å². The van der Waals surface area contributed by atoms with E-state index in [0.29, 0.717) is 13.1 Å². The number of aryl methyl sites for hydroxylation is 1. The van der Waals surface area contributed by atoms with Gasteiger partial charge in [0.15, 0.2) is 0 Å². The van der Waals surface area contributed by atoms with Gasteiger partial charge in [-0.05, 0) is 41.0 Å². The minimum atomic E-state index is -0.553. The maximum atomic E-state index is 12.9. The van der Waals surface area contributed by atoms with Crippen LogP contribution in [0.25, 0.3) is 10.8 Å². The minimum absolute atomic E-state index is 0.0511. The number of para-hydroxylation sites is 2. The van der Waals surface area contributed by atoms with Crippen molar-refractivity contribution in [3.63, 3.8) is 0 Å². The number of amides is 1. The van der Waals surface area contributed by atoms with Crippen LogP contribution in [0.5, 0.6) is 0 Å². The van der Waals surface area contributed by atoms with E-state index in [2.05, 4.69) is 36.5 Å². The first-order valence-corrected chi connectivity index (χ1v) is 8.52. The Balaban J connectivity index is 1.84. The maximum Gasteiger partial charge on any atom is 0.246 e. The topological polar surface area (TPSA) is 58.4 Å². The second kappa shape index (κ2) is 6.22. The monoisotopic (exact) mass is 331 g/mol. The van der Waals surface area contributed by atoms with E-state index < -0.39 is 6.04 Å². The number of anilines is 2. The highest BCUT2D eigenvalue weighted by molar-refractivity contribution is 6.02. The van der Waals surface area contributed by atoms with Crippen molar-refractivity contribution >= 4 is 28.1 Å². The molecule has 0 bridgehead atoms. The van der Waals surface area contributed by atoms with Gasteiger partial charge in [-0.25, -0.2) is 0 Å². The summed E-state index contributed by atoms with van der Waals surface area (Å²) < 4.78 is 0.